The van der Waals surface area contributed by atoms with E-state index in [-0.39, 0.29) is 23.0 Å². The van der Waals surface area contributed by atoms with E-state index in [1.165, 1.54) is 12.8 Å². The van der Waals surface area contributed by atoms with Crippen molar-refractivity contribution in [1.29, 1.82) is 0 Å². The molecule has 0 aliphatic heterocycles. The van der Waals surface area contributed by atoms with Gasteiger partial charge in [-0.3, -0.25) is 0 Å². The van der Waals surface area contributed by atoms with Gasteiger partial charge in [0, 0.05) is 17.6 Å². The maximum atomic E-state index is 2.46. The van der Waals surface area contributed by atoms with Crippen LogP contribution in [0.15, 0.2) is 0 Å². The summed E-state index contributed by atoms with van der Waals surface area (Å²) in [5.41, 5.74) is 0.926. The molecule has 0 spiro atoms. The first-order valence-electron chi connectivity index (χ1n) is 9.98. The average Bonchev–Trinajstić information content (AvgIpc) is 2.36. The van der Waals surface area contributed by atoms with Crippen molar-refractivity contribution in [2.75, 3.05) is 0 Å². The zero-order valence-electron chi connectivity index (χ0n) is 20.5. The molecule has 4 radical (unpaired) electrons. The molecule has 1 atom stereocenters. The second-order valence-corrected chi connectivity index (χ2v) is 17.9. The molecule has 0 fully saturated rings. The first kappa shape index (κ1) is 30.6. The smallest absolute Gasteiger partial charge is 0.0379 e. The summed E-state index contributed by atoms with van der Waals surface area (Å²) < 4.78 is 1.54. The molecule has 3 heteroatoms. The van der Waals surface area contributed by atoms with E-state index in [2.05, 4.69) is 118 Å². The minimum atomic E-state index is 0.120. The second kappa shape index (κ2) is 13.1. The third-order valence-electron chi connectivity index (χ3n) is 6.06. The maximum Gasteiger partial charge on any atom is 0.0379 e. The summed E-state index contributed by atoms with van der Waals surface area (Å²) in [5.74, 6) is 0.765. The topological polar surface area (TPSA) is 0 Å². The zero-order chi connectivity index (χ0) is 21.2. The zero-order valence-corrected chi connectivity index (χ0v) is 24.6. The molecular weight excluding hydrogens is 393 g/mol. The molecular formula is C22H50GeSi2. The molecule has 0 bridgehead atoms. The van der Waals surface area contributed by atoms with Crippen LogP contribution < -0.4 is 0 Å². The van der Waals surface area contributed by atoms with Crippen LogP contribution in [0.3, 0.4) is 0 Å². The van der Waals surface area contributed by atoms with Gasteiger partial charge in [0.2, 0.25) is 0 Å². The quantitative estimate of drug-likeness (QED) is 0.371. The van der Waals surface area contributed by atoms with E-state index in [1.807, 2.05) is 0 Å². The molecule has 1 unspecified atom stereocenters. The third-order valence-corrected chi connectivity index (χ3v) is 7.38. The largest absolute Gasteiger partial charge is 0.0715 e. The Labute approximate surface area is 174 Å². The number of hydrogen-bond acceptors (Lipinski definition) is 0. The summed E-state index contributed by atoms with van der Waals surface area (Å²) in [5, 5.41) is 0. The summed E-state index contributed by atoms with van der Waals surface area (Å²) in [6, 6.07) is 0. The first-order valence-corrected chi connectivity index (χ1v) is 17.0. The van der Waals surface area contributed by atoms with Gasteiger partial charge in [-0.15, -0.1) is 0 Å². The fraction of sp³-hybridized carbons (Fsp3) is 0.955. The molecule has 0 aliphatic rings. The van der Waals surface area contributed by atoms with E-state index >= 15 is 0 Å². The van der Waals surface area contributed by atoms with Crippen molar-refractivity contribution in [2.45, 2.75) is 114 Å². The van der Waals surface area contributed by atoms with Crippen molar-refractivity contribution < 1.29 is 0 Å². The van der Waals surface area contributed by atoms with Crippen molar-refractivity contribution >= 4 is 38.0 Å². The van der Waals surface area contributed by atoms with Crippen LogP contribution in [-0.2, 0) is 0 Å². The van der Waals surface area contributed by atoms with Gasteiger partial charge < -0.3 is 0 Å². The Balaban J connectivity index is -0.000000503. The Hall–Kier alpha value is 0.847. The molecule has 0 saturated heterocycles. The van der Waals surface area contributed by atoms with Crippen LogP contribution in [0.25, 0.3) is 0 Å². The normalized spacial score (nSPS) is 13.6. The average molecular weight is 443 g/mol. The van der Waals surface area contributed by atoms with E-state index in [9.17, 15) is 0 Å². The van der Waals surface area contributed by atoms with Crippen LogP contribution in [0.4, 0.5) is 0 Å². The third kappa shape index (κ3) is 11.3. The number of rotatable bonds is 6. The van der Waals surface area contributed by atoms with Gasteiger partial charge in [-0.05, 0) is 0 Å². The molecule has 25 heavy (non-hydrogen) atoms. The molecule has 150 valence electrons. The second-order valence-electron chi connectivity index (χ2n) is 10.3. The van der Waals surface area contributed by atoms with Crippen LogP contribution in [0.2, 0.25) is 39.3 Å². The summed E-state index contributed by atoms with van der Waals surface area (Å²) in [7, 11) is 0.241. The van der Waals surface area contributed by atoms with Crippen molar-refractivity contribution in [3.05, 3.63) is 0 Å². The predicted octanol–water partition coefficient (Wildman–Crippen LogP) is 7.60. The molecule has 0 amide bonds. The van der Waals surface area contributed by atoms with Crippen molar-refractivity contribution in [3.63, 3.8) is 0 Å². The van der Waals surface area contributed by atoms with Gasteiger partial charge in [0.1, 0.15) is 0 Å². The van der Waals surface area contributed by atoms with Crippen molar-refractivity contribution in [2.24, 2.45) is 22.2 Å². The van der Waals surface area contributed by atoms with Crippen molar-refractivity contribution in [3.8, 4) is 0 Å². The van der Waals surface area contributed by atoms with E-state index < -0.39 is 0 Å². The van der Waals surface area contributed by atoms with E-state index in [0.29, 0.717) is 10.8 Å². The van der Waals surface area contributed by atoms with Gasteiger partial charge in [0.05, 0.1) is 0 Å². The Morgan fingerprint density at radius 2 is 1.12 bits per heavy atom. The SMILES string of the molecule is CCCC(C)C(C)(C)C(C)(C)C(C)(C)[C](C)=[Ge].C[Si](C)C.C[Si](C)C. The molecule has 0 saturated carbocycles. The molecule has 0 aromatic heterocycles. The molecule has 0 nitrogen and oxygen atoms in total. The first-order chi connectivity index (χ1) is 10.9. The summed E-state index contributed by atoms with van der Waals surface area (Å²) in [6.07, 6.45) is 2.62. The van der Waals surface area contributed by atoms with Gasteiger partial charge in [0.25, 0.3) is 0 Å². The molecule has 0 aromatic carbocycles. The fourth-order valence-corrected chi connectivity index (χ4v) is 3.34. The standard InChI is InChI=1S/C16H32Ge.2C3H9Si/c1-10-11-12(2)14(4,5)16(8,9)15(6,7)13(3)17;2*1-4(2)3/h12H,10-11H2,1-9H3;2*1-3H3. The summed E-state index contributed by atoms with van der Waals surface area (Å²) in [4.78, 5) is 0. The predicted molar refractivity (Wildman–Crippen MR) is 129 cm³/mol. The molecule has 0 N–H and O–H groups in total. The summed E-state index contributed by atoms with van der Waals surface area (Å²) >= 11 is 2.28. The van der Waals surface area contributed by atoms with Crippen LogP contribution in [0.5, 0.6) is 0 Å². The van der Waals surface area contributed by atoms with E-state index in [4.69, 9.17) is 0 Å². The van der Waals surface area contributed by atoms with Gasteiger partial charge in [-0.25, -0.2) is 0 Å². The van der Waals surface area contributed by atoms with Gasteiger partial charge >= 0.3 is 118 Å². The monoisotopic (exact) mass is 444 g/mol. The van der Waals surface area contributed by atoms with Crippen LogP contribution >= 0.6 is 0 Å². The van der Waals surface area contributed by atoms with Gasteiger partial charge in [0.15, 0.2) is 0 Å². The minimum Gasteiger partial charge on any atom is -0.0715 e. The summed E-state index contributed by atoms with van der Waals surface area (Å²) in [6.45, 7) is 35.2. The molecule has 0 heterocycles. The number of hydrogen-bond donors (Lipinski definition) is 0. The van der Waals surface area contributed by atoms with Gasteiger partial charge in [-0.1, -0.05) is 39.3 Å². The van der Waals surface area contributed by atoms with Crippen LogP contribution in [0, 0.1) is 22.2 Å². The fourth-order valence-electron chi connectivity index (χ4n) is 2.68. The Morgan fingerprint density at radius 1 is 0.840 bits per heavy atom. The Morgan fingerprint density at radius 3 is 1.32 bits per heavy atom. The minimum absolute atomic E-state index is 0.120. The molecule has 0 rings (SSSR count). The Bertz CT molecular complexity index is 344. The van der Waals surface area contributed by atoms with Crippen LogP contribution in [0.1, 0.15) is 75.2 Å². The Kier molecular flexibility index (Phi) is 16.0. The van der Waals surface area contributed by atoms with Crippen LogP contribution in [-0.4, -0.2) is 38.0 Å². The molecule has 0 aromatic rings. The molecule has 0 aliphatic carbocycles. The van der Waals surface area contributed by atoms with E-state index in [0.717, 1.165) is 5.92 Å². The maximum absolute atomic E-state index is 2.46. The van der Waals surface area contributed by atoms with Crippen molar-refractivity contribution in [1.82, 2.24) is 0 Å². The van der Waals surface area contributed by atoms with E-state index in [1.54, 1.807) is 4.35 Å². The van der Waals surface area contributed by atoms with Gasteiger partial charge in [-0.2, -0.15) is 0 Å².